The minimum absolute atomic E-state index is 0.649. The SMILES string of the molecule is CCC1CC2CC3c4[nH]c5ccc(OC)cc5c4C=CN(C2)C13. The second kappa shape index (κ2) is 4.80. The van der Waals surface area contributed by atoms with Gasteiger partial charge in [-0.05, 0) is 49.0 Å². The van der Waals surface area contributed by atoms with E-state index in [0.717, 1.165) is 17.6 Å². The second-order valence-corrected chi connectivity index (χ2v) is 7.48. The fourth-order valence-electron chi connectivity index (χ4n) is 5.40. The third kappa shape index (κ3) is 1.82. The van der Waals surface area contributed by atoms with Crippen LogP contribution in [0.3, 0.4) is 0 Å². The van der Waals surface area contributed by atoms with Gasteiger partial charge in [0, 0.05) is 46.9 Å². The minimum Gasteiger partial charge on any atom is -0.497 e. The number of fused-ring (bicyclic) bond motifs is 4. The molecule has 0 spiro atoms. The fourth-order valence-corrected chi connectivity index (χ4v) is 5.40. The molecule has 2 saturated heterocycles. The summed E-state index contributed by atoms with van der Waals surface area (Å²) in [5.74, 6) is 3.28. The van der Waals surface area contributed by atoms with Gasteiger partial charge < -0.3 is 14.6 Å². The quantitative estimate of drug-likeness (QED) is 0.892. The third-order valence-corrected chi connectivity index (χ3v) is 6.37. The molecule has 4 heterocycles. The highest BCUT2D eigenvalue weighted by atomic mass is 16.5. The molecule has 4 bridgehead atoms. The molecule has 3 aliphatic heterocycles. The molecule has 2 aromatic rings. The van der Waals surface area contributed by atoms with E-state index in [9.17, 15) is 0 Å². The molecule has 4 aliphatic rings. The highest BCUT2D eigenvalue weighted by Crippen LogP contribution is 2.51. The van der Waals surface area contributed by atoms with E-state index >= 15 is 0 Å². The molecular weight excluding hydrogens is 284 g/mol. The van der Waals surface area contributed by atoms with Crippen LogP contribution >= 0.6 is 0 Å². The van der Waals surface area contributed by atoms with Gasteiger partial charge in [0.15, 0.2) is 0 Å². The third-order valence-electron chi connectivity index (χ3n) is 6.37. The molecule has 23 heavy (non-hydrogen) atoms. The number of H-pyrrole nitrogens is 1. The number of aromatic nitrogens is 1. The van der Waals surface area contributed by atoms with Gasteiger partial charge in [-0.15, -0.1) is 0 Å². The van der Waals surface area contributed by atoms with Gasteiger partial charge in [-0.3, -0.25) is 0 Å². The smallest absolute Gasteiger partial charge is 0.119 e. The Labute approximate surface area is 137 Å². The fraction of sp³-hybridized carbons (Fsp3) is 0.500. The zero-order chi connectivity index (χ0) is 15.6. The Balaban J connectivity index is 1.70. The minimum atomic E-state index is 0.649. The van der Waals surface area contributed by atoms with E-state index < -0.39 is 0 Å². The molecule has 1 aromatic heterocycles. The number of nitrogens with zero attached hydrogens (tertiary/aromatic N) is 1. The van der Waals surface area contributed by atoms with E-state index in [-0.39, 0.29) is 0 Å². The van der Waals surface area contributed by atoms with E-state index in [2.05, 4.69) is 47.3 Å². The maximum atomic E-state index is 5.44. The van der Waals surface area contributed by atoms with E-state index in [4.69, 9.17) is 4.74 Å². The molecule has 1 N–H and O–H groups in total. The van der Waals surface area contributed by atoms with Gasteiger partial charge in [0.25, 0.3) is 0 Å². The lowest BCUT2D eigenvalue weighted by Gasteiger charge is -2.53. The predicted molar refractivity (Wildman–Crippen MR) is 93.6 cm³/mol. The summed E-state index contributed by atoms with van der Waals surface area (Å²) in [5.41, 5.74) is 4.08. The molecule has 1 saturated carbocycles. The summed E-state index contributed by atoms with van der Waals surface area (Å²) in [6, 6.07) is 7.07. The average Bonchev–Trinajstić information content (AvgIpc) is 2.92. The standard InChI is InChI=1S/C20H24N2O/c1-3-13-8-12-9-17-19-15(6-7-22(11-12)20(13)17)16-10-14(23-2)4-5-18(16)21-19/h4-7,10,12-13,17,20-21H,3,8-9,11H2,1-2H3. The van der Waals surface area contributed by atoms with Crippen molar-refractivity contribution in [2.45, 2.75) is 38.1 Å². The number of hydrogen-bond acceptors (Lipinski definition) is 2. The van der Waals surface area contributed by atoms with Crippen molar-refractivity contribution in [1.29, 1.82) is 0 Å². The van der Waals surface area contributed by atoms with Crippen LogP contribution in [0.4, 0.5) is 0 Å². The number of ether oxygens (including phenoxy) is 1. The second-order valence-electron chi connectivity index (χ2n) is 7.48. The average molecular weight is 308 g/mol. The van der Waals surface area contributed by atoms with Crippen molar-refractivity contribution in [3.05, 3.63) is 35.7 Å². The van der Waals surface area contributed by atoms with E-state index in [1.165, 1.54) is 48.0 Å². The van der Waals surface area contributed by atoms with Crippen LogP contribution in [0.1, 0.15) is 43.4 Å². The van der Waals surface area contributed by atoms with Crippen molar-refractivity contribution in [1.82, 2.24) is 9.88 Å². The van der Waals surface area contributed by atoms with Crippen molar-refractivity contribution in [3.8, 4) is 5.75 Å². The Morgan fingerprint density at radius 2 is 2.22 bits per heavy atom. The van der Waals surface area contributed by atoms with Gasteiger partial charge in [-0.25, -0.2) is 0 Å². The molecule has 0 radical (unpaired) electrons. The summed E-state index contributed by atoms with van der Waals surface area (Å²) in [6.45, 7) is 3.61. The highest BCUT2D eigenvalue weighted by Gasteiger charge is 2.47. The number of piperidine rings is 2. The Hall–Kier alpha value is -1.90. The summed E-state index contributed by atoms with van der Waals surface area (Å²) in [7, 11) is 1.74. The number of rotatable bonds is 2. The van der Waals surface area contributed by atoms with Crippen LogP contribution in [0, 0.1) is 11.8 Å². The summed E-state index contributed by atoms with van der Waals surface area (Å²) in [5, 5.41) is 1.30. The molecule has 3 nitrogen and oxygen atoms in total. The van der Waals surface area contributed by atoms with Crippen molar-refractivity contribution in [2.75, 3.05) is 13.7 Å². The van der Waals surface area contributed by atoms with Gasteiger partial charge in [0.2, 0.25) is 0 Å². The number of methoxy groups -OCH3 is 1. The van der Waals surface area contributed by atoms with Crippen molar-refractivity contribution < 1.29 is 4.74 Å². The molecule has 6 rings (SSSR count). The van der Waals surface area contributed by atoms with Crippen molar-refractivity contribution >= 4 is 17.0 Å². The molecule has 1 aliphatic carbocycles. The Kier molecular flexibility index (Phi) is 2.82. The van der Waals surface area contributed by atoms with Crippen molar-refractivity contribution in [3.63, 3.8) is 0 Å². The van der Waals surface area contributed by atoms with Crippen LogP contribution in [0.2, 0.25) is 0 Å². The molecule has 3 fully saturated rings. The topological polar surface area (TPSA) is 28.3 Å². The summed E-state index contributed by atoms with van der Waals surface area (Å²) in [6.07, 6.45) is 8.76. The summed E-state index contributed by atoms with van der Waals surface area (Å²) in [4.78, 5) is 6.39. The number of aromatic amines is 1. The van der Waals surface area contributed by atoms with E-state index in [0.29, 0.717) is 12.0 Å². The molecule has 120 valence electrons. The van der Waals surface area contributed by atoms with Gasteiger partial charge in [-0.1, -0.05) is 13.3 Å². The first-order chi connectivity index (χ1) is 11.3. The molecule has 3 heteroatoms. The lowest BCUT2D eigenvalue weighted by Crippen LogP contribution is -2.54. The lowest BCUT2D eigenvalue weighted by molar-refractivity contribution is 0.0149. The van der Waals surface area contributed by atoms with E-state index in [1.807, 2.05) is 0 Å². The Morgan fingerprint density at radius 1 is 1.30 bits per heavy atom. The van der Waals surface area contributed by atoms with Crippen LogP contribution in [-0.4, -0.2) is 29.6 Å². The normalized spacial score (nSPS) is 31.3. The van der Waals surface area contributed by atoms with E-state index in [1.54, 1.807) is 7.11 Å². The summed E-state index contributed by atoms with van der Waals surface area (Å²) >= 11 is 0. The van der Waals surface area contributed by atoms with Crippen LogP contribution in [0.5, 0.6) is 5.75 Å². The maximum Gasteiger partial charge on any atom is 0.119 e. The Bertz CT molecular complexity index is 790. The molecule has 4 atom stereocenters. The Morgan fingerprint density at radius 3 is 3.04 bits per heavy atom. The van der Waals surface area contributed by atoms with Crippen LogP contribution < -0.4 is 4.74 Å². The van der Waals surface area contributed by atoms with Gasteiger partial charge in [0.05, 0.1) is 7.11 Å². The molecule has 4 unspecified atom stereocenters. The molecular formula is C20H24N2O. The first-order valence-corrected chi connectivity index (χ1v) is 8.92. The predicted octanol–water partition coefficient (Wildman–Crippen LogP) is 4.36. The number of nitrogens with one attached hydrogen (secondary N) is 1. The first-order valence-electron chi connectivity index (χ1n) is 8.92. The van der Waals surface area contributed by atoms with Gasteiger partial charge in [-0.2, -0.15) is 0 Å². The number of hydrogen-bond donors (Lipinski definition) is 1. The van der Waals surface area contributed by atoms with Crippen LogP contribution in [0.25, 0.3) is 17.0 Å². The first kappa shape index (κ1) is 13.5. The van der Waals surface area contributed by atoms with Crippen LogP contribution in [-0.2, 0) is 0 Å². The lowest BCUT2D eigenvalue weighted by atomic mass is 9.65. The number of benzene rings is 1. The zero-order valence-electron chi connectivity index (χ0n) is 13.9. The monoisotopic (exact) mass is 308 g/mol. The zero-order valence-corrected chi connectivity index (χ0v) is 13.9. The van der Waals surface area contributed by atoms with Crippen LogP contribution in [0.15, 0.2) is 24.4 Å². The largest absolute Gasteiger partial charge is 0.497 e. The van der Waals surface area contributed by atoms with Crippen molar-refractivity contribution in [2.24, 2.45) is 11.8 Å². The summed E-state index contributed by atoms with van der Waals surface area (Å²) < 4.78 is 5.44. The van der Waals surface area contributed by atoms with Gasteiger partial charge in [0.1, 0.15) is 5.75 Å². The maximum absolute atomic E-state index is 5.44. The molecule has 1 aromatic carbocycles. The molecule has 0 amide bonds. The highest BCUT2D eigenvalue weighted by molar-refractivity contribution is 5.92. The van der Waals surface area contributed by atoms with Gasteiger partial charge >= 0.3 is 0 Å².